The van der Waals surface area contributed by atoms with Crippen LogP contribution in [0, 0.1) is 11.2 Å². The number of aliphatic hydroxyl groups excluding tert-OH is 1. The van der Waals surface area contributed by atoms with Gasteiger partial charge in [-0.05, 0) is 24.3 Å². The average Bonchev–Trinajstić information content (AvgIpc) is 3.08. The van der Waals surface area contributed by atoms with Crippen molar-refractivity contribution in [2.24, 2.45) is 5.41 Å². The van der Waals surface area contributed by atoms with Gasteiger partial charge in [0.05, 0.1) is 18.5 Å². The van der Waals surface area contributed by atoms with E-state index < -0.39 is 5.82 Å². The first-order chi connectivity index (χ1) is 13.1. The van der Waals surface area contributed by atoms with E-state index in [0.29, 0.717) is 28.3 Å². The van der Waals surface area contributed by atoms with E-state index in [2.05, 4.69) is 32.2 Å². The van der Waals surface area contributed by atoms with Crippen molar-refractivity contribution in [3.8, 4) is 11.1 Å². The smallest absolute Gasteiger partial charge is 0.224 e. The molecule has 0 aliphatic heterocycles. The minimum atomic E-state index is -0.446. The zero-order valence-corrected chi connectivity index (χ0v) is 14.8. The first kappa shape index (κ1) is 16.2. The highest BCUT2D eigenvalue weighted by molar-refractivity contribution is 5.93. The molecule has 7 nitrogen and oxygen atoms in total. The van der Waals surface area contributed by atoms with Crippen LogP contribution in [0.1, 0.15) is 25.5 Å². The fraction of sp³-hybridized carbons (Fsp3) is 0.316. The second-order valence-electron chi connectivity index (χ2n) is 7.50. The summed E-state index contributed by atoms with van der Waals surface area (Å²) in [6.07, 6.45) is 9.23. The number of rotatable bonds is 5. The number of anilines is 1. The summed E-state index contributed by atoms with van der Waals surface area (Å²) in [6.45, 7) is 2.89. The lowest BCUT2D eigenvalue weighted by Gasteiger charge is -2.09. The summed E-state index contributed by atoms with van der Waals surface area (Å²) in [5, 5.41) is 13.5. The SMILES string of the molecule is CC1(CNc2ncc3c(-c4cc(F)c5ncc(CO)n5c4)c[nH]c3n2)CC1. The number of H-pyrrole nitrogens is 1. The van der Waals surface area contributed by atoms with Crippen LogP contribution in [-0.2, 0) is 6.61 Å². The van der Waals surface area contributed by atoms with Crippen molar-refractivity contribution < 1.29 is 9.50 Å². The Bertz CT molecular complexity index is 1160. The summed E-state index contributed by atoms with van der Waals surface area (Å²) in [6, 6.07) is 1.44. The number of nitrogens with zero attached hydrogens (tertiary/aromatic N) is 4. The fourth-order valence-electron chi connectivity index (χ4n) is 3.27. The maximum absolute atomic E-state index is 14.5. The Morgan fingerprint density at radius 2 is 2.19 bits per heavy atom. The van der Waals surface area contributed by atoms with Gasteiger partial charge in [0.1, 0.15) is 5.65 Å². The van der Waals surface area contributed by atoms with E-state index in [-0.39, 0.29) is 12.3 Å². The van der Waals surface area contributed by atoms with Crippen LogP contribution in [0.3, 0.4) is 0 Å². The minimum absolute atomic E-state index is 0.193. The average molecular weight is 366 g/mol. The molecule has 5 rings (SSSR count). The van der Waals surface area contributed by atoms with Crippen LogP contribution >= 0.6 is 0 Å². The molecule has 1 aliphatic carbocycles. The predicted molar refractivity (Wildman–Crippen MR) is 99.8 cm³/mol. The summed E-state index contributed by atoms with van der Waals surface area (Å²) < 4.78 is 16.0. The van der Waals surface area contributed by atoms with Crippen LogP contribution in [0.25, 0.3) is 27.8 Å². The van der Waals surface area contributed by atoms with Crippen molar-refractivity contribution >= 4 is 22.6 Å². The van der Waals surface area contributed by atoms with Gasteiger partial charge >= 0.3 is 0 Å². The van der Waals surface area contributed by atoms with Crippen LogP contribution in [0.4, 0.5) is 10.3 Å². The number of halogens is 1. The Labute approximate surface area is 154 Å². The zero-order chi connectivity index (χ0) is 18.6. The molecule has 1 fully saturated rings. The lowest BCUT2D eigenvalue weighted by atomic mass is 10.1. The maximum Gasteiger partial charge on any atom is 0.224 e. The first-order valence-corrected chi connectivity index (χ1v) is 8.91. The number of imidazole rings is 1. The molecule has 0 amide bonds. The fourth-order valence-corrected chi connectivity index (χ4v) is 3.27. The zero-order valence-electron chi connectivity index (χ0n) is 14.8. The third kappa shape index (κ3) is 2.73. The summed E-state index contributed by atoms with van der Waals surface area (Å²) in [7, 11) is 0. The van der Waals surface area contributed by atoms with Gasteiger partial charge in [-0.1, -0.05) is 6.92 Å². The van der Waals surface area contributed by atoms with Gasteiger partial charge in [-0.2, -0.15) is 4.98 Å². The molecule has 27 heavy (non-hydrogen) atoms. The van der Waals surface area contributed by atoms with Crippen LogP contribution in [0.15, 0.2) is 30.9 Å². The van der Waals surface area contributed by atoms with Gasteiger partial charge in [-0.3, -0.25) is 4.40 Å². The third-order valence-electron chi connectivity index (χ3n) is 5.32. The third-order valence-corrected chi connectivity index (χ3v) is 5.32. The van der Waals surface area contributed by atoms with Gasteiger partial charge in [-0.25, -0.2) is 14.4 Å². The molecule has 4 heterocycles. The second-order valence-corrected chi connectivity index (χ2v) is 7.50. The Hall–Kier alpha value is -3.00. The Morgan fingerprint density at radius 1 is 1.33 bits per heavy atom. The molecule has 8 heteroatoms. The molecule has 0 saturated heterocycles. The normalized spacial score (nSPS) is 15.5. The van der Waals surface area contributed by atoms with Crippen LogP contribution in [0.2, 0.25) is 0 Å². The predicted octanol–water partition coefficient (Wildman–Crippen LogP) is 3.12. The number of aliphatic hydroxyl groups is 1. The van der Waals surface area contributed by atoms with Crippen molar-refractivity contribution in [1.29, 1.82) is 0 Å². The van der Waals surface area contributed by atoms with Crippen molar-refractivity contribution in [3.63, 3.8) is 0 Å². The molecule has 4 aromatic rings. The van der Waals surface area contributed by atoms with Crippen molar-refractivity contribution in [3.05, 3.63) is 42.4 Å². The quantitative estimate of drug-likeness (QED) is 0.505. The van der Waals surface area contributed by atoms with Crippen molar-refractivity contribution in [2.45, 2.75) is 26.4 Å². The van der Waals surface area contributed by atoms with Gasteiger partial charge in [0.2, 0.25) is 5.95 Å². The molecule has 0 aromatic carbocycles. The van der Waals surface area contributed by atoms with E-state index in [1.54, 1.807) is 23.0 Å². The number of aromatic nitrogens is 5. The first-order valence-electron chi connectivity index (χ1n) is 8.91. The molecule has 0 atom stereocenters. The second kappa shape index (κ2) is 5.75. The number of hydrogen-bond acceptors (Lipinski definition) is 5. The molecule has 3 N–H and O–H groups in total. The van der Waals surface area contributed by atoms with Crippen LogP contribution < -0.4 is 5.32 Å². The van der Waals surface area contributed by atoms with Gasteiger partial charge in [0, 0.05) is 41.6 Å². The highest BCUT2D eigenvalue weighted by Crippen LogP contribution is 2.44. The summed E-state index contributed by atoms with van der Waals surface area (Å²) in [5.74, 6) is 0.140. The molecular weight excluding hydrogens is 347 g/mol. The Balaban J connectivity index is 1.54. The molecule has 1 saturated carbocycles. The highest BCUT2D eigenvalue weighted by Gasteiger charge is 2.36. The van der Waals surface area contributed by atoms with E-state index in [1.165, 1.54) is 25.1 Å². The van der Waals surface area contributed by atoms with Crippen molar-refractivity contribution in [2.75, 3.05) is 11.9 Å². The minimum Gasteiger partial charge on any atom is -0.390 e. The molecule has 1 aliphatic rings. The molecule has 0 radical (unpaired) electrons. The summed E-state index contributed by atoms with van der Waals surface area (Å²) in [5.41, 5.74) is 3.23. The lowest BCUT2D eigenvalue weighted by molar-refractivity contribution is 0.276. The Kier molecular flexibility index (Phi) is 3.45. The summed E-state index contributed by atoms with van der Waals surface area (Å²) in [4.78, 5) is 16.1. The van der Waals surface area contributed by atoms with Crippen LogP contribution in [-0.4, -0.2) is 36.0 Å². The van der Waals surface area contributed by atoms with E-state index in [9.17, 15) is 9.50 Å². The number of nitrogens with one attached hydrogen (secondary N) is 2. The highest BCUT2D eigenvalue weighted by atomic mass is 19.1. The van der Waals surface area contributed by atoms with Gasteiger partial charge in [0.15, 0.2) is 11.5 Å². The molecule has 0 unspecified atom stereocenters. The molecular formula is C19H19FN6O. The van der Waals surface area contributed by atoms with E-state index >= 15 is 0 Å². The lowest BCUT2D eigenvalue weighted by Crippen LogP contribution is -2.13. The number of hydrogen-bond donors (Lipinski definition) is 3. The summed E-state index contributed by atoms with van der Waals surface area (Å²) >= 11 is 0. The van der Waals surface area contributed by atoms with Gasteiger partial charge < -0.3 is 15.4 Å². The van der Waals surface area contributed by atoms with Crippen molar-refractivity contribution in [1.82, 2.24) is 24.3 Å². The molecule has 4 aromatic heterocycles. The van der Waals surface area contributed by atoms with Crippen LogP contribution in [0.5, 0.6) is 0 Å². The molecule has 138 valence electrons. The molecule has 0 bridgehead atoms. The van der Waals surface area contributed by atoms with Gasteiger partial charge in [-0.15, -0.1) is 0 Å². The van der Waals surface area contributed by atoms with E-state index in [0.717, 1.165) is 17.5 Å². The maximum atomic E-state index is 14.5. The van der Waals surface area contributed by atoms with E-state index in [1.807, 2.05) is 0 Å². The largest absolute Gasteiger partial charge is 0.390 e. The van der Waals surface area contributed by atoms with E-state index in [4.69, 9.17) is 0 Å². The molecule has 0 spiro atoms. The van der Waals surface area contributed by atoms with Gasteiger partial charge in [0.25, 0.3) is 0 Å². The number of fused-ring (bicyclic) bond motifs is 2. The number of pyridine rings is 1. The topological polar surface area (TPSA) is 91.1 Å². The Morgan fingerprint density at radius 3 is 2.96 bits per heavy atom. The monoisotopic (exact) mass is 366 g/mol. The standard InChI is InChI=1S/C19H19FN6O/c1-19(2-3-19)10-24-18-23-7-14-13(6-21-16(14)25-18)11-4-15(20)17-22-5-12(9-27)26(17)8-11/h4-8,27H,2-3,9-10H2,1H3,(H2,21,23,24,25). The number of aromatic amines is 1.